The van der Waals surface area contributed by atoms with E-state index in [0.29, 0.717) is 37.2 Å². The fraction of sp³-hybridized carbons (Fsp3) is 0.333. The fourth-order valence-corrected chi connectivity index (χ4v) is 6.92. The molecule has 5 rings (SSSR count). The number of nitrogens with zero attached hydrogens (tertiary/aromatic N) is 3. The summed E-state index contributed by atoms with van der Waals surface area (Å²) in [5.41, 5.74) is 2.51. The second-order valence-corrected chi connectivity index (χ2v) is 11.7. The van der Waals surface area contributed by atoms with Crippen molar-refractivity contribution in [2.24, 2.45) is 4.99 Å². The van der Waals surface area contributed by atoms with Crippen LogP contribution in [0.3, 0.4) is 0 Å². The Morgan fingerprint density at radius 1 is 1.34 bits per heavy atom. The lowest BCUT2D eigenvalue weighted by Crippen LogP contribution is -2.40. The average molecular weight is 558 g/mol. The van der Waals surface area contributed by atoms with Crippen molar-refractivity contribution in [1.29, 1.82) is 0 Å². The van der Waals surface area contributed by atoms with Gasteiger partial charge in [-0.2, -0.15) is 0 Å². The van der Waals surface area contributed by atoms with Crippen LogP contribution >= 0.6 is 38.9 Å². The zero-order chi connectivity index (χ0) is 22.5. The monoisotopic (exact) mass is 556 g/mol. The van der Waals surface area contributed by atoms with E-state index in [1.165, 1.54) is 23.5 Å². The van der Waals surface area contributed by atoms with Gasteiger partial charge in [0.2, 0.25) is 10.0 Å². The number of thiazole rings is 1. The van der Waals surface area contributed by atoms with Gasteiger partial charge in [0, 0.05) is 46.9 Å². The number of aliphatic imine (C=N–C) groups is 1. The van der Waals surface area contributed by atoms with E-state index in [-0.39, 0.29) is 16.3 Å². The summed E-state index contributed by atoms with van der Waals surface area (Å²) in [6.07, 6.45) is 5.54. The molecule has 1 unspecified atom stereocenters. The minimum atomic E-state index is -3.33. The second kappa shape index (κ2) is 8.64. The third kappa shape index (κ3) is 4.19. The Labute approximate surface area is 203 Å². The van der Waals surface area contributed by atoms with Gasteiger partial charge in [0.15, 0.2) is 10.8 Å². The largest absolute Gasteiger partial charge is 0.326 e. The molecule has 1 saturated carbocycles. The van der Waals surface area contributed by atoms with Crippen LogP contribution in [0, 0.1) is 5.82 Å². The summed E-state index contributed by atoms with van der Waals surface area (Å²) in [7, 11) is -3.33. The molecule has 168 valence electrons. The number of hydrogen-bond donors (Lipinski definition) is 1. The maximum atomic E-state index is 13.7. The highest BCUT2D eigenvalue weighted by molar-refractivity contribution is 9.11. The van der Waals surface area contributed by atoms with Crippen molar-refractivity contribution in [2.45, 2.75) is 36.6 Å². The summed E-state index contributed by atoms with van der Waals surface area (Å²) in [4.78, 5) is 13.2. The van der Waals surface area contributed by atoms with Crippen LogP contribution < -0.4 is 4.72 Å². The highest BCUT2D eigenvalue weighted by Crippen LogP contribution is 2.43. The van der Waals surface area contributed by atoms with Crippen LogP contribution in [-0.4, -0.2) is 42.0 Å². The molecule has 0 spiro atoms. The lowest BCUT2D eigenvalue weighted by atomic mass is 9.94. The van der Waals surface area contributed by atoms with Gasteiger partial charge in [-0.05, 0) is 41.6 Å². The molecule has 0 radical (unpaired) electrons. The van der Waals surface area contributed by atoms with Gasteiger partial charge in [-0.25, -0.2) is 22.5 Å². The molecule has 1 aromatic heterocycles. The number of hydrogen-bond acceptors (Lipinski definition) is 6. The Bertz CT molecular complexity index is 1240. The molecule has 3 heterocycles. The quantitative estimate of drug-likeness (QED) is 0.556. The van der Waals surface area contributed by atoms with E-state index in [4.69, 9.17) is 16.6 Å². The predicted molar refractivity (Wildman–Crippen MR) is 128 cm³/mol. The molecular weight excluding hydrogens is 539 g/mol. The molecule has 2 fully saturated rings. The highest BCUT2D eigenvalue weighted by Gasteiger charge is 2.43. The first kappa shape index (κ1) is 22.2. The molecule has 1 aliphatic carbocycles. The topological polar surface area (TPSA) is 74.7 Å². The van der Waals surface area contributed by atoms with E-state index in [0.717, 1.165) is 16.3 Å². The second-order valence-electron chi connectivity index (χ2n) is 7.93. The van der Waals surface area contributed by atoms with Gasteiger partial charge in [0.25, 0.3) is 0 Å². The molecule has 2 aromatic rings. The molecular formula is C21H19BrClFN4O2S2. The smallest absolute Gasteiger partial charge is 0.214 e. The molecule has 2 aliphatic heterocycles. The van der Waals surface area contributed by atoms with Gasteiger partial charge in [0.05, 0.1) is 5.25 Å². The van der Waals surface area contributed by atoms with Crippen LogP contribution in [0.5, 0.6) is 0 Å². The van der Waals surface area contributed by atoms with Crippen LogP contribution in [0.1, 0.15) is 35.9 Å². The van der Waals surface area contributed by atoms with Gasteiger partial charge in [-0.15, -0.1) is 11.3 Å². The first-order valence-corrected chi connectivity index (χ1v) is 13.8. The molecule has 1 N–H and O–H groups in total. The summed E-state index contributed by atoms with van der Waals surface area (Å²) >= 11 is 11.2. The summed E-state index contributed by atoms with van der Waals surface area (Å²) in [5, 5.41) is 2.61. The van der Waals surface area contributed by atoms with Crippen molar-refractivity contribution in [3.63, 3.8) is 0 Å². The Morgan fingerprint density at radius 3 is 2.81 bits per heavy atom. The van der Waals surface area contributed by atoms with Crippen molar-refractivity contribution in [2.75, 3.05) is 6.54 Å². The molecule has 3 aliphatic rings. The van der Waals surface area contributed by atoms with Gasteiger partial charge in [-0.3, -0.25) is 4.99 Å². The Morgan fingerprint density at radius 2 is 2.16 bits per heavy atom. The molecule has 11 heteroatoms. The van der Waals surface area contributed by atoms with E-state index >= 15 is 0 Å². The standard InChI is InChI=1S/C21H19BrClFN4O2S2/c22-6-5-16-18-10-13(27-32(29,30)14-2-3-14)11-28(18)20(21-25-7-8-31-21)26-19(16)15-4-1-12(24)9-17(15)23/h1,4-9,13-14,19,27H,2-3,10-11H2/b6-5+/t13-,19?/m0/s1. The maximum Gasteiger partial charge on any atom is 0.214 e. The van der Waals surface area contributed by atoms with E-state index in [9.17, 15) is 12.8 Å². The third-order valence-electron chi connectivity index (χ3n) is 5.72. The number of aromatic nitrogens is 1. The van der Waals surface area contributed by atoms with Crippen LogP contribution in [-0.2, 0) is 10.0 Å². The van der Waals surface area contributed by atoms with Crippen molar-refractivity contribution >= 4 is 54.7 Å². The predicted octanol–water partition coefficient (Wildman–Crippen LogP) is 4.76. The fourth-order valence-electron chi connectivity index (χ4n) is 4.15. The molecule has 2 atom stereocenters. The Balaban J connectivity index is 1.60. The van der Waals surface area contributed by atoms with Crippen LogP contribution in [0.4, 0.5) is 4.39 Å². The van der Waals surface area contributed by atoms with Gasteiger partial charge < -0.3 is 4.90 Å². The molecule has 0 bridgehead atoms. The highest BCUT2D eigenvalue weighted by atomic mass is 79.9. The lowest BCUT2D eigenvalue weighted by molar-refractivity contribution is 0.512. The first-order valence-electron chi connectivity index (χ1n) is 10.1. The lowest BCUT2D eigenvalue weighted by Gasteiger charge is -2.31. The summed E-state index contributed by atoms with van der Waals surface area (Å²) in [6, 6.07) is 3.55. The zero-order valence-corrected chi connectivity index (χ0v) is 20.7. The molecule has 1 aromatic carbocycles. The number of rotatable bonds is 6. The van der Waals surface area contributed by atoms with Crippen molar-refractivity contribution in [1.82, 2.24) is 14.6 Å². The minimum absolute atomic E-state index is 0.276. The number of benzene rings is 1. The number of nitrogens with one attached hydrogen (secondary N) is 1. The Kier molecular flexibility index (Phi) is 6.00. The number of amidine groups is 1. The SMILES string of the molecule is O=S(=O)(N[C@H]1CC2=C(/C=C/Br)C(c3ccc(F)cc3Cl)N=C(c3nccs3)N2C1)C1CC1. The van der Waals surface area contributed by atoms with Gasteiger partial charge in [0.1, 0.15) is 11.9 Å². The van der Waals surface area contributed by atoms with Crippen molar-refractivity contribution in [3.05, 3.63) is 73.5 Å². The zero-order valence-electron chi connectivity index (χ0n) is 16.7. The number of fused-ring (bicyclic) bond motifs is 1. The number of sulfonamides is 1. The average Bonchev–Trinajstić information content (AvgIpc) is 3.32. The molecule has 0 amide bonds. The number of halogens is 3. The van der Waals surface area contributed by atoms with Crippen molar-refractivity contribution in [3.8, 4) is 0 Å². The van der Waals surface area contributed by atoms with E-state index in [1.54, 1.807) is 17.2 Å². The third-order valence-corrected chi connectivity index (χ3v) is 9.09. The van der Waals surface area contributed by atoms with Crippen molar-refractivity contribution < 1.29 is 12.8 Å². The maximum absolute atomic E-state index is 13.7. The van der Waals surface area contributed by atoms with Crippen LogP contribution in [0.25, 0.3) is 0 Å². The van der Waals surface area contributed by atoms with E-state index < -0.39 is 21.9 Å². The van der Waals surface area contributed by atoms with E-state index in [2.05, 4.69) is 25.6 Å². The summed E-state index contributed by atoms with van der Waals surface area (Å²) < 4.78 is 41.8. The summed E-state index contributed by atoms with van der Waals surface area (Å²) in [5.74, 6) is 0.251. The van der Waals surface area contributed by atoms with Gasteiger partial charge >= 0.3 is 0 Å². The van der Waals surface area contributed by atoms with Crippen LogP contribution in [0.2, 0.25) is 5.02 Å². The molecule has 32 heavy (non-hydrogen) atoms. The van der Waals surface area contributed by atoms with Gasteiger partial charge in [-0.1, -0.05) is 33.6 Å². The molecule has 1 saturated heterocycles. The minimum Gasteiger partial charge on any atom is -0.326 e. The normalized spacial score (nSPS) is 23.7. The van der Waals surface area contributed by atoms with Crippen LogP contribution in [0.15, 0.2) is 57.1 Å². The first-order chi connectivity index (χ1) is 15.4. The Hall–Kier alpha value is -1.59. The summed E-state index contributed by atoms with van der Waals surface area (Å²) in [6.45, 7) is 0.462. The molecule has 6 nitrogen and oxygen atoms in total. The van der Waals surface area contributed by atoms with E-state index in [1.807, 2.05) is 16.4 Å².